The van der Waals surface area contributed by atoms with Gasteiger partial charge in [0.25, 0.3) is 0 Å². The fraction of sp³-hybridized carbons (Fsp3) is 0.632. The van der Waals surface area contributed by atoms with Gasteiger partial charge >= 0.3 is 0 Å². The molecule has 2 unspecified atom stereocenters. The second-order valence-electron chi connectivity index (χ2n) is 6.41. The highest BCUT2D eigenvalue weighted by Crippen LogP contribution is 2.22. The van der Waals surface area contributed by atoms with E-state index in [1.165, 1.54) is 5.56 Å². The Morgan fingerprint density at radius 1 is 1.44 bits per heavy atom. The van der Waals surface area contributed by atoms with Gasteiger partial charge in [-0.3, -0.25) is 4.99 Å². The number of rotatable bonds is 8. The van der Waals surface area contributed by atoms with Gasteiger partial charge in [0.15, 0.2) is 5.96 Å². The van der Waals surface area contributed by atoms with Gasteiger partial charge < -0.3 is 20.1 Å². The summed E-state index contributed by atoms with van der Waals surface area (Å²) in [5, 5.41) is 7.27. The lowest BCUT2D eigenvalue weighted by molar-refractivity contribution is 0.0676. The number of nitrogens with one attached hydrogen (secondary N) is 2. The number of benzene rings is 1. The first kappa shape index (κ1) is 19.9. The average molecular weight is 366 g/mol. The van der Waals surface area contributed by atoms with Crippen LogP contribution in [0.1, 0.15) is 30.9 Å². The Kier molecular flexibility index (Phi) is 8.41. The minimum atomic E-state index is 0.226. The number of thioether (sulfide) groups is 1. The summed E-state index contributed by atoms with van der Waals surface area (Å²) in [5.41, 5.74) is 2.33. The molecule has 1 fully saturated rings. The molecular formula is C19H31N3O2S. The van der Waals surface area contributed by atoms with Gasteiger partial charge in [-0.05, 0) is 37.7 Å². The number of ether oxygens (including phenoxy) is 2. The molecule has 0 bridgehead atoms. The van der Waals surface area contributed by atoms with Crippen molar-refractivity contribution in [1.29, 1.82) is 0 Å². The van der Waals surface area contributed by atoms with Gasteiger partial charge in [-0.2, -0.15) is 11.8 Å². The third-order valence-electron chi connectivity index (χ3n) is 4.30. The Hall–Kier alpha value is -1.40. The molecular weight excluding hydrogens is 334 g/mol. The highest BCUT2D eigenvalue weighted by molar-refractivity contribution is 7.99. The van der Waals surface area contributed by atoms with Crippen LogP contribution in [-0.4, -0.2) is 50.4 Å². The molecule has 140 valence electrons. The predicted molar refractivity (Wildman–Crippen MR) is 107 cm³/mol. The van der Waals surface area contributed by atoms with Crippen LogP contribution in [0.2, 0.25) is 0 Å². The van der Waals surface area contributed by atoms with Crippen LogP contribution in [0.5, 0.6) is 5.75 Å². The molecule has 25 heavy (non-hydrogen) atoms. The Balaban J connectivity index is 1.91. The quantitative estimate of drug-likeness (QED) is 0.548. The number of guanidine groups is 1. The van der Waals surface area contributed by atoms with Gasteiger partial charge in [0, 0.05) is 37.6 Å². The molecule has 2 atom stereocenters. The van der Waals surface area contributed by atoms with Gasteiger partial charge in [0.1, 0.15) is 12.4 Å². The van der Waals surface area contributed by atoms with Crippen LogP contribution in [0.3, 0.4) is 0 Å². The van der Waals surface area contributed by atoms with Crippen molar-refractivity contribution in [1.82, 2.24) is 10.6 Å². The van der Waals surface area contributed by atoms with E-state index in [1.54, 1.807) is 7.05 Å². The molecule has 1 saturated heterocycles. The van der Waals surface area contributed by atoms with Crippen LogP contribution in [0.4, 0.5) is 0 Å². The van der Waals surface area contributed by atoms with Crippen molar-refractivity contribution in [3.05, 3.63) is 29.3 Å². The Morgan fingerprint density at radius 3 is 2.96 bits per heavy atom. The second-order valence-corrected chi connectivity index (χ2v) is 7.69. The molecule has 0 amide bonds. The SMILES string of the molecule is CN=C(NCc1ccc(C)cc1OCC1CCCO1)NCC(C)SC. The Morgan fingerprint density at radius 2 is 2.28 bits per heavy atom. The van der Waals surface area contributed by atoms with Crippen molar-refractivity contribution in [2.45, 2.75) is 44.6 Å². The molecule has 1 aliphatic rings. The molecule has 0 spiro atoms. The monoisotopic (exact) mass is 365 g/mol. The first-order valence-electron chi connectivity index (χ1n) is 8.93. The number of aryl methyl sites for hydroxylation is 1. The molecule has 1 aromatic rings. The van der Waals surface area contributed by atoms with E-state index in [-0.39, 0.29) is 6.10 Å². The van der Waals surface area contributed by atoms with Crippen LogP contribution >= 0.6 is 11.8 Å². The summed E-state index contributed by atoms with van der Waals surface area (Å²) in [4.78, 5) is 4.29. The maximum Gasteiger partial charge on any atom is 0.191 e. The summed E-state index contributed by atoms with van der Waals surface area (Å²) in [6.07, 6.45) is 4.56. The lowest BCUT2D eigenvalue weighted by atomic mass is 10.1. The highest BCUT2D eigenvalue weighted by Gasteiger charge is 2.17. The standard InChI is InChI=1S/C19H31N3O2S/c1-14-7-8-16(12-22-19(20-3)21-11-15(2)25-4)18(10-14)24-13-17-6-5-9-23-17/h7-8,10,15,17H,5-6,9,11-13H2,1-4H3,(H2,20,21,22). The zero-order chi connectivity index (χ0) is 18.1. The summed E-state index contributed by atoms with van der Waals surface area (Å²) in [5.74, 6) is 1.74. The van der Waals surface area contributed by atoms with Crippen LogP contribution in [0.15, 0.2) is 23.2 Å². The van der Waals surface area contributed by atoms with Crippen molar-refractivity contribution in [3.63, 3.8) is 0 Å². The van der Waals surface area contributed by atoms with Gasteiger partial charge in [-0.15, -0.1) is 0 Å². The number of nitrogens with zero attached hydrogens (tertiary/aromatic N) is 1. The summed E-state index contributed by atoms with van der Waals surface area (Å²) in [6.45, 7) is 7.31. The van der Waals surface area contributed by atoms with Crippen molar-refractivity contribution < 1.29 is 9.47 Å². The summed E-state index contributed by atoms with van der Waals surface area (Å²) < 4.78 is 11.7. The van der Waals surface area contributed by atoms with Crippen molar-refractivity contribution in [3.8, 4) is 5.75 Å². The molecule has 6 heteroatoms. The second kappa shape index (κ2) is 10.6. The van der Waals surface area contributed by atoms with E-state index in [1.807, 2.05) is 11.8 Å². The van der Waals surface area contributed by atoms with Crippen LogP contribution in [0.25, 0.3) is 0 Å². The molecule has 5 nitrogen and oxygen atoms in total. The van der Waals surface area contributed by atoms with Gasteiger partial charge in [0.05, 0.1) is 6.10 Å². The van der Waals surface area contributed by atoms with E-state index < -0.39 is 0 Å². The fourth-order valence-corrected chi connectivity index (χ4v) is 2.87. The molecule has 0 aliphatic carbocycles. The summed E-state index contributed by atoms with van der Waals surface area (Å²) >= 11 is 1.84. The lowest BCUT2D eigenvalue weighted by Crippen LogP contribution is -2.39. The van der Waals surface area contributed by atoms with Crippen LogP contribution in [-0.2, 0) is 11.3 Å². The van der Waals surface area contributed by atoms with Gasteiger partial charge in [-0.25, -0.2) is 0 Å². The zero-order valence-corrected chi connectivity index (χ0v) is 16.6. The number of hydrogen-bond donors (Lipinski definition) is 2. The minimum Gasteiger partial charge on any atom is -0.491 e. The van der Waals surface area contributed by atoms with E-state index in [2.05, 4.69) is 53.9 Å². The van der Waals surface area contributed by atoms with E-state index in [0.29, 0.717) is 18.4 Å². The van der Waals surface area contributed by atoms with Crippen molar-refractivity contribution in [2.24, 2.45) is 4.99 Å². The first-order chi connectivity index (χ1) is 12.1. The number of aliphatic imine (C=N–C) groups is 1. The molecule has 0 saturated carbocycles. The van der Waals surface area contributed by atoms with E-state index in [0.717, 1.165) is 43.3 Å². The average Bonchev–Trinajstić information content (AvgIpc) is 3.14. The topological polar surface area (TPSA) is 54.9 Å². The molecule has 1 aliphatic heterocycles. The van der Waals surface area contributed by atoms with Crippen LogP contribution < -0.4 is 15.4 Å². The maximum absolute atomic E-state index is 6.05. The van der Waals surface area contributed by atoms with Crippen molar-refractivity contribution >= 4 is 17.7 Å². The molecule has 0 aromatic heterocycles. The van der Waals surface area contributed by atoms with Crippen LogP contribution in [0, 0.1) is 6.92 Å². The van der Waals surface area contributed by atoms with Gasteiger partial charge in [-0.1, -0.05) is 19.1 Å². The Labute approximate surface area is 156 Å². The summed E-state index contributed by atoms with van der Waals surface area (Å²) in [7, 11) is 1.79. The third kappa shape index (κ3) is 6.78. The molecule has 1 heterocycles. The zero-order valence-electron chi connectivity index (χ0n) is 15.8. The Bertz CT molecular complexity index is 560. The van der Waals surface area contributed by atoms with Crippen molar-refractivity contribution in [2.75, 3.05) is 33.1 Å². The normalized spacial score (nSPS) is 18.9. The molecule has 0 radical (unpaired) electrons. The molecule has 2 rings (SSSR count). The van der Waals surface area contributed by atoms with Gasteiger partial charge in [0.2, 0.25) is 0 Å². The predicted octanol–water partition coefficient (Wildman–Crippen LogP) is 2.97. The smallest absolute Gasteiger partial charge is 0.191 e. The summed E-state index contributed by atoms with van der Waals surface area (Å²) in [6, 6.07) is 6.32. The van der Waals surface area contributed by atoms with E-state index >= 15 is 0 Å². The highest BCUT2D eigenvalue weighted by atomic mass is 32.2. The van der Waals surface area contributed by atoms with E-state index in [9.17, 15) is 0 Å². The molecule has 1 aromatic carbocycles. The third-order valence-corrected chi connectivity index (χ3v) is 5.27. The minimum absolute atomic E-state index is 0.226. The van der Waals surface area contributed by atoms with E-state index in [4.69, 9.17) is 9.47 Å². The molecule has 2 N–H and O–H groups in total. The largest absolute Gasteiger partial charge is 0.491 e. The maximum atomic E-state index is 6.05. The first-order valence-corrected chi connectivity index (χ1v) is 10.2. The lowest BCUT2D eigenvalue weighted by Gasteiger charge is -2.18. The number of hydrogen-bond acceptors (Lipinski definition) is 4. The fourth-order valence-electron chi connectivity index (χ4n) is 2.62.